The summed E-state index contributed by atoms with van der Waals surface area (Å²) in [7, 11) is 0. The van der Waals surface area contributed by atoms with Gasteiger partial charge in [-0.2, -0.15) is 5.26 Å². The molecule has 0 fully saturated rings. The van der Waals surface area contributed by atoms with Crippen LogP contribution in [0.25, 0.3) is 6.08 Å². The summed E-state index contributed by atoms with van der Waals surface area (Å²) in [5, 5.41) is 22.4. The monoisotopic (exact) mass is 307 g/mol. The van der Waals surface area contributed by atoms with Crippen molar-refractivity contribution in [2.24, 2.45) is 0 Å². The highest BCUT2D eigenvalue weighted by Crippen LogP contribution is 2.16. The van der Waals surface area contributed by atoms with Crippen LogP contribution in [0, 0.1) is 28.4 Å². The molecule has 6 nitrogen and oxygen atoms in total. The highest BCUT2D eigenvalue weighted by atomic mass is 16.6. The maximum atomic E-state index is 12.1. The smallest absolute Gasteiger partial charge is 0.269 e. The summed E-state index contributed by atoms with van der Waals surface area (Å²) < 4.78 is 0. The number of rotatable bonds is 4. The normalized spacial score (nSPS) is 10.7. The fourth-order valence-electron chi connectivity index (χ4n) is 1.93. The molecule has 0 saturated heterocycles. The SMILES string of the molecule is Cc1cccc(NC(=O)C(C#N)=Cc2ccc([N+](=O)[O-])cc2)c1. The van der Waals surface area contributed by atoms with Crippen LogP contribution in [0.2, 0.25) is 0 Å². The Bertz CT molecular complexity index is 818. The summed E-state index contributed by atoms with van der Waals surface area (Å²) in [5.41, 5.74) is 1.98. The van der Waals surface area contributed by atoms with Gasteiger partial charge in [-0.3, -0.25) is 14.9 Å². The first-order valence-corrected chi connectivity index (χ1v) is 6.74. The van der Waals surface area contributed by atoms with Gasteiger partial charge in [-0.15, -0.1) is 0 Å². The molecule has 1 N–H and O–H groups in total. The number of nitro benzene ring substituents is 1. The summed E-state index contributed by atoms with van der Waals surface area (Å²) in [6.45, 7) is 1.90. The number of benzene rings is 2. The van der Waals surface area contributed by atoms with Crippen LogP contribution in [-0.4, -0.2) is 10.8 Å². The van der Waals surface area contributed by atoms with Crippen LogP contribution in [0.4, 0.5) is 11.4 Å². The Labute approximate surface area is 132 Å². The van der Waals surface area contributed by atoms with E-state index in [0.717, 1.165) is 5.56 Å². The molecule has 6 heteroatoms. The standard InChI is InChI=1S/C17H13N3O3/c1-12-3-2-4-15(9-12)19-17(21)14(11-18)10-13-5-7-16(8-6-13)20(22)23/h2-10H,1H3,(H,19,21). The molecule has 0 bridgehead atoms. The largest absolute Gasteiger partial charge is 0.321 e. The number of nitriles is 1. The van der Waals surface area contributed by atoms with Gasteiger partial charge in [0.05, 0.1) is 4.92 Å². The maximum absolute atomic E-state index is 12.1. The molecular formula is C17H13N3O3. The molecule has 0 aliphatic carbocycles. The number of aryl methyl sites for hydroxylation is 1. The maximum Gasteiger partial charge on any atom is 0.269 e. The predicted octanol–water partition coefficient (Wildman–Crippen LogP) is 3.45. The van der Waals surface area contributed by atoms with E-state index in [4.69, 9.17) is 5.26 Å². The number of nitro groups is 1. The first-order valence-electron chi connectivity index (χ1n) is 6.74. The van der Waals surface area contributed by atoms with E-state index in [-0.39, 0.29) is 11.3 Å². The average Bonchev–Trinajstić information content (AvgIpc) is 2.53. The van der Waals surface area contributed by atoms with Crippen LogP contribution in [-0.2, 0) is 4.79 Å². The molecule has 2 aromatic carbocycles. The number of non-ortho nitro benzene ring substituents is 1. The third-order valence-electron chi connectivity index (χ3n) is 3.06. The second-order valence-electron chi connectivity index (χ2n) is 4.84. The van der Waals surface area contributed by atoms with Crippen molar-refractivity contribution in [3.8, 4) is 6.07 Å². The van der Waals surface area contributed by atoms with E-state index in [9.17, 15) is 14.9 Å². The number of amides is 1. The Hall–Kier alpha value is -3.46. The molecule has 1 amide bonds. The lowest BCUT2D eigenvalue weighted by molar-refractivity contribution is -0.384. The quantitative estimate of drug-likeness (QED) is 0.405. The first kappa shape index (κ1) is 15.9. The zero-order valence-electron chi connectivity index (χ0n) is 12.3. The van der Waals surface area contributed by atoms with Crippen molar-refractivity contribution in [3.63, 3.8) is 0 Å². The molecule has 23 heavy (non-hydrogen) atoms. The summed E-state index contributed by atoms with van der Waals surface area (Å²) in [4.78, 5) is 22.2. The summed E-state index contributed by atoms with van der Waals surface area (Å²) in [6, 6.07) is 14.7. The number of hydrogen-bond donors (Lipinski definition) is 1. The van der Waals surface area contributed by atoms with Gasteiger partial charge in [-0.25, -0.2) is 0 Å². The minimum atomic E-state index is -0.531. The molecule has 114 valence electrons. The lowest BCUT2D eigenvalue weighted by Crippen LogP contribution is -2.13. The van der Waals surface area contributed by atoms with E-state index in [0.29, 0.717) is 11.3 Å². The molecule has 0 saturated carbocycles. The second-order valence-corrected chi connectivity index (χ2v) is 4.84. The second kappa shape index (κ2) is 7.00. The lowest BCUT2D eigenvalue weighted by Gasteiger charge is -2.05. The van der Waals surface area contributed by atoms with Crippen LogP contribution in [0.15, 0.2) is 54.1 Å². The van der Waals surface area contributed by atoms with Crippen molar-refractivity contribution in [2.75, 3.05) is 5.32 Å². The number of nitrogens with one attached hydrogen (secondary N) is 1. The highest BCUT2D eigenvalue weighted by Gasteiger charge is 2.10. The van der Waals surface area contributed by atoms with E-state index < -0.39 is 10.8 Å². The number of anilines is 1. The Kier molecular flexibility index (Phi) is 4.85. The van der Waals surface area contributed by atoms with Gasteiger partial charge in [0.15, 0.2) is 0 Å². The molecule has 0 heterocycles. The van der Waals surface area contributed by atoms with Gasteiger partial charge in [0.25, 0.3) is 11.6 Å². The molecule has 0 atom stereocenters. The molecular weight excluding hydrogens is 294 g/mol. The van der Waals surface area contributed by atoms with Gasteiger partial charge in [0.1, 0.15) is 11.6 Å². The number of carbonyl (C=O) groups is 1. The van der Waals surface area contributed by atoms with E-state index in [1.54, 1.807) is 18.2 Å². The molecule has 0 unspecified atom stereocenters. The fourth-order valence-corrected chi connectivity index (χ4v) is 1.93. The van der Waals surface area contributed by atoms with Gasteiger partial charge in [0.2, 0.25) is 0 Å². The highest BCUT2D eigenvalue weighted by molar-refractivity contribution is 6.09. The Morgan fingerprint density at radius 2 is 1.96 bits per heavy atom. The van der Waals surface area contributed by atoms with E-state index in [2.05, 4.69) is 5.32 Å². The van der Waals surface area contributed by atoms with Gasteiger partial charge in [0, 0.05) is 17.8 Å². The first-order chi connectivity index (χ1) is 11.0. The summed E-state index contributed by atoms with van der Waals surface area (Å²) >= 11 is 0. The van der Waals surface area contributed by atoms with Crippen molar-refractivity contribution < 1.29 is 9.72 Å². The predicted molar refractivity (Wildman–Crippen MR) is 86.5 cm³/mol. The number of carbonyl (C=O) groups excluding carboxylic acids is 1. The van der Waals surface area contributed by atoms with Crippen LogP contribution in [0.1, 0.15) is 11.1 Å². The van der Waals surface area contributed by atoms with Gasteiger partial charge in [-0.05, 0) is 48.4 Å². The number of hydrogen-bond acceptors (Lipinski definition) is 4. The molecule has 0 aromatic heterocycles. The van der Waals surface area contributed by atoms with Crippen LogP contribution in [0.5, 0.6) is 0 Å². The van der Waals surface area contributed by atoms with E-state index >= 15 is 0 Å². The average molecular weight is 307 g/mol. The summed E-state index contributed by atoms with van der Waals surface area (Å²) in [6.07, 6.45) is 1.38. The van der Waals surface area contributed by atoms with E-state index in [1.807, 2.05) is 19.1 Å². The molecule has 0 radical (unpaired) electrons. The lowest BCUT2D eigenvalue weighted by atomic mass is 10.1. The van der Waals surface area contributed by atoms with Crippen molar-refractivity contribution in [3.05, 3.63) is 75.3 Å². The van der Waals surface area contributed by atoms with Gasteiger partial charge >= 0.3 is 0 Å². The topological polar surface area (TPSA) is 96.0 Å². The third kappa shape index (κ3) is 4.25. The molecule has 2 rings (SSSR count). The Morgan fingerprint density at radius 3 is 2.52 bits per heavy atom. The van der Waals surface area contributed by atoms with Gasteiger partial charge < -0.3 is 5.32 Å². The van der Waals surface area contributed by atoms with Crippen molar-refractivity contribution in [1.82, 2.24) is 0 Å². The van der Waals surface area contributed by atoms with Crippen molar-refractivity contribution >= 4 is 23.4 Å². The van der Waals surface area contributed by atoms with Gasteiger partial charge in [-0.1, -0.05) is 12.1 Å². The van der Waals surface area contributed by atoms with Crippen LogP contribution >= 0.6 is 0 Å². The molecule has 0 aliphatic rings. The minimum Gasteiger partial charge on any atom is -0.321 e. The van der Waals surface area contributed by atoms with E-state index in [1.165, 1.54) is 30.3 Å². The Balaban J connectivity index is 2.19. The Morgan fingerprint density at radius 1 is 1.26 bits per heavy atom. The van der Waals surface area contributed by atoms with Crippen LogP contribution in [0.3, 0.4) is 0 Å². The minimum absolute atomic E-state index is 0.0510. The van der Waals surface area contributed by atoms with Crippen LogP contribution < -0.4 is 5.32 Å². The zero-order chi connectivity index (χ0) is 16.8. The zero-order valence-corrected chi connectivity index (χ0v) is 12.3. The molecule has 0 spiro atoms. The van der Waals surface area contributed by atoms with Crippen molar-refractivity contribution in [2.45, 2.75) is 6.92 Å². The molecule has 0 aliphatic heterocycles. The third-order valence-corrected chi connectivity index (χ3v) is 3.06. The fraction of sp³-hybridized carbons (Fsp3) is 0.0588. The van der Waals surface area contributed by atoms with Crippen molar-refractivity contribution in [1.29, 1.82) is 5.26 Å². The molecule has 2 aromatic rings. The summed E-state index contributed by atoms with van der Waals surface area (Å²) in [5.74, 6) is -0.531. The number of nitrogens with zero attached hydrogens (tertiary/aromatic N) is 2.